The quantitative estimate of drug-likeness (QED) is 0.523. The Labute approximate surface area is 55.1 Å². The average molecular weight is 128 g/mol. The van der Waals surface area contributed by atoms with Gasteiger partial charge in [0.05, 0.1) is 19.3 Å². The molecule has 0 unspecified atom stereocenters. The molecule has 0 aromatic heterocycles. The second kappa shape index (κ2) is 2.99. The van der Waals surface area contributed by atoms with Crippen LogP contribution in [0.2, 0.25) is 0 Å². The van der Waals surface area contributed by atoms with Crippen LogP contribution in [-0.4, -0.2) is 24.4 Å². The number of ether oxygens (including phenoxy) is 1. The van der Waals surface area contributed by atoms with Crippen LogP contribution in [0.1, 0.15) is 6.92 Å². The van der Waals surface area contributed by atoms with E-state index in [-0.39, 0.29) is 12.0 Å². The Morgan fingerprint density at radius 1 is 1.56 bits per heavy atom. The molecule has 0 aromatic rings. The molecule has 1 aliphatic rings. The standard InChI is InChI=1S/C7H12O2/c1-2-3-6-4-9-5-7(6)8/h2-3,6-8H,4-5H2,1H3/b3-2+/t6-,7-/m0/s1. The van der Waals surface area contributed by atoms with Crippen LogP contribution < -0.4 is 0 Å². The summed E-state index contributed by atoms with van der Waals surface area (Å²) in [7, 11) is 0. The second-order valence-corrected chi connectivity index (χ2v) is 2.29. The minimum Gasteiger partial charge on any atom is -0.390 e. The summed E-state index contributed by atoms with van der Waals surface area (Å²) in [5.74, 6) is 0.231. The zero-order valence-electron chi connectivity index (χ0n) is 5.58. The molecule has 1 N–H and O–H groups in total. The van der Waals surface area contributed by atoms with Crippen molar-refractivity contribution in [2.75, 3.05) is 13.2 Å². The molecule has 0 saturated carbocycles. The van der Waals surface area contributed by atoms with Crippen LogP contribution in [0, 0.1) is 5.92 Å². The molecule has 0 bridgehead atoms. The van der Waals surface area contributed by atoms with Crippen molar-refractivity contribution in [2.45, 2.75) is 13.0 Å². The lowest BCUT2D eigenvalue weighted by atomic mass is 10.1. The molecule has 1 rings (SSSR count). The van der Waals surface area contributed by atoms with E-state index in [1.807, 2.05) is 19.1 Å². The van der Waals surface area contributed by atoms with Gasteiger partial charge in [-0.15, -0.1) is 0 Å². The van der Waals surface area contributed by atoms with Gasteiger partial charge in [-0.3, -0.25) is 0 Å². The first-order valence-electron chi connectivity index (χ1n) is 3.23. The molecule has 0 aromatic carbocycles. The molecule has 0 amide bonds. The molecule has 2 heteroatoms. The lowest BCUT2D eigenvalue weighted by Crippen LogP contribution is -2.14. The van der Waals surface area contributed by atoms with Crippen LogP contribution >= 0.6 is 0 Å². The third-order valence-electron chi connectivity index (χ3n) is 1.53. The van der Waals surface area contributed by atoms with Crippen molar-refractivity contribution in [3.63, 3.8) is 0 Å². The number of hydrogen-bond acceptors (Lipinski definition) is 2. The Kier molecular flexibility index (Phi) is 2.25. The fourth-order valence-electron chi connectivity index (χ4n) is 0.991. The molecule has 1 fully saturated rings. The Balaban J connectivity index is 2.39. The molecule has 1 aliphatic heterocycles. The molecule has 9 heavy (non-hydrogen) atoms. The summed E-state index contributed by atoms with van der Waals surface area (Å²) in [5, 5.41) is 9.14. The van der Waals surface area contributed by atoms with E-state index in [0.717, 1.165) is 0 Å². The van der Waals surface area contributed by atoms with Crippen LogP contribution in [0.25, 0.3) is 0 Å². The van der Waals surface area contributed by atoms with Gasteiger partial charge < -0.3 is 9.84 Å². The van der Waals surface area contributed by atoms with Crippen molar-refractivity contribution in [3.8, 4) is 0 Å². The van der Waals surface area contributed by atoms with Gasteiger partial charge in [-0.2, -0.15) is 0 Å². The lowest BCUT2D eigenvalue weighted by molar-refractivity contribution is 0.123. The van der Waals surface area contributed by atoms with Gasteiger partial charge in [-0.05, 0) is 6.92 Å². The van der Waals surface area contributed by atoms with E-state index in [1.54, 1.807) is 0 Å². The van der Waals surface area contributed by atoms with Crippen LogP contribution in [0.15, 0.2) is 12.2 Å². The second-order valence-electron chi connectivity index (χ2n) is 2.29. The maximum Gasteiger partial charge on any atom is 0.0858 e. The van der Waals surface area contributed by atoms with E-state index in [0.29, 0.717) is 13.2 Å². The van der Waals surface area contributed by atoms with Crippen molar-refractivity contribution < 1.29 is 9.84 Å². The third kappa shape index (κ3) is 1.53. The number of aliphatic hydroxyl groups excluding tert-OH is 1. The Bertz CT molecular complexity index is 109. The summed E-state index contributed by atoms with van der Waals surface area (Å²) in [6, 6.07) is 0. The Morgan fingerprint density at radius 2 is 2.33 bits per heavy atom. The van der Waals surface area contributed by atoms with E-state index < -0.39 is 0 Å². The molecular formula is C7H12O2. The van der Waals surface area contributed by atoms with Gasteiger partial charge in [0.15, 0.2) is 0 Å². The molecule has 2 atom stereocenters. The number of aliphatic hydroxyl groups is 1. The lowest BCUT2D eigenvalue weighted by Gasteiger charge is -2.03. The maximum atomic E-state index is 9.14. The highest BCUT2D eigenvalue weighted by Gasteiger charge is 2.22. The predicted octanol–water partition coefficient (Wildman–Crippen LogP) is 0.570. The smallest absolute Gasteiger partial charge is 0.0858 e. The average Bonchev–Trinajstić information content (AvgIpc) is 2.18. The van der Waals surface area contributed by atoms with E-state index in [4.69, 9.17) is 9.84 Å². The van der Waals surface area contributed by atoms with Crippen LogP contribution in [0.3, 0.4) is 0 Å². The SMILES string of the molecule is C/C=C/[C@H]1COC[C@@H]1O. The van der Waals surface area contributed by atoms with Gasteiger partial charge in [0.2, 0.25) is 0 Å². The molecule has 2 nitrogen and oxygen atoms in total. The maximum absolute atomic E-state index is 9.14. The minimum absolute atomic E-state index is 0.231. The summed E-state index contributed by atoms with van der Waals surface area (Å²) in [6.07, 6.45) is 3.65. The van der Waals surface area contributed by atoms with E-state index in [1.165, 1.54) is 0 Å². The van der Waals surface area contributed by atoms with E-state index in [2.05, 4.69) is 0 Å². The topological polar surface area (TPSA) is 29.5 Å². The van der Waals surface area contributed by atoms with Gasteiger partial charge in [0.1, 0.15) is 0 Å². The van der Waals surface area contributed by atoms with Gasteiger partial charge in [-0.25, -0.2) is 0 Å². The number of allylic oxidation sites excluding steroid dienone is 1. The monoisotopic (exact) mass is 128 g/mol. The van der Waals surface area contributed by atoms with E-state index >= 15 is 0 Å². The van der Waals surface area contributed by atoms with Crippen molar-refractivity contribution in [2.24, 2.45) is 5.92 Å². The van der Waals surface area contributed by atoms with Gasteiger partial charge >= 0.3 is 0 Å². The number of hydrogen-bond donors (Lipinski definition) is 1. The highest BCUT2D eigenvalue weighted by molar-refractivity contribution is 4.92. The molecule has 1 saturated heterocycles. The molecule has 1 heterocycles. The van der Waals surface area contributed by atoms with Crippen molar-refractivity contribution in [1.82, 2.24) is 0 Å². The number of rotatable bonds is 1. The van der Waals surface area contributed by atoms with Gasteiger partial charge in [-0.1, -0.05) is 12.2 Å². The van der Waals surface area contributed by atoms with Crippen molar-refractivity contribution in [1.29, 1.82) is 0 Å². The van der Waals surface area contributed by atoms with E-state index in [9.17, 15) is 0 Å². The molecule has 0 aliphatic carbocycles. The fourth-order valence-corrected chi connectivity index (χ4v) is 0.991. The molecular weight excluding hydrogens is 116 g/mol. The zero-order valence-corrected chi connectivity index (χ0v) is 5.58. The third-order valence-corrected chi connectivity index (χ3v) is 1.53. The normalized spacial score (nSPS) is 36.2. The summed E-state index contributed by atoms with van der Waals surface area (Å²) in [6.45, 7) is 3.12. The van der Waals surface area contributed by atoms with Crippen molar-refractivity contribution in [3.05, 3.63) is 12.2 Å². The summed E-state index contributed by atoms with van der Waals surface area (Å²) in [4.78, 5) is 0. The highest BCUT2D eigenvalue weighted by atomic mass is 16.5. The first-order valence-corrected chi connectivity index (χ1v) is 3.23. The van der Waals surface area contributed by atoms with Gasteiger partial charge in [0.25, 0.3) is 0 Å². The largest absolute Gasteiger partial charge is 0.390 e. The predicted molar refractivity (Wildman–Crippen MR) is 35.1 cm³/mol. The van der Waals surface area contributed by atoms with Crippen LogP contribution in [-0.2, 0) is 4.74 Å². The summed E-state index contributed by atoms with van der Waals surface area (Å²) < 4.78 is 5.02. The first kappa shape index (κ1) is 6.78. The first-order chi connectivity index (χ1) is 4.34. The molecule has 52 valence electrons. The zero-order chi connectivity index (χ0) is 6.69. The fraction of sp³-hybridized carbons (Fsp3) is 0.714. The Morgan fingerprint density at radius 3 is 2.78 bits per heavy atom. The minimum atomic E-state index is -0.277. The van der Waals surface area contributed by atoms with Crippen LogP contribution in [0.5, 0.6) is 0 Å². The van der Waals surface area contributed by atoms with Crippen molar-refractivity contribution >= 4 is 0 Å². The Hall–Kier alpha value is -0.340. The summed E-state index contributed by atoms with van der Waals surface area (Å²) in [5.41, 5.74) is 0. The molecule has 0 radical (unpaired) electrons. The van der Waals surface area contributed by atoms with Crippen LogP contribution in [0.4, 0.5) is 0 Å². The highest BCUT2D eigenvalue weighted by Crippen LogP contribution is 2.13. The molecule has 0 spiro atoms. The van der Waals surface area contributed by atoms with Gasteiger partial charge in [0, 0.05) is 5.92 Å². The summed E-state index contributed by atoms with van der Waals surface area (Å²) >= 11 is 0.